The fourth-order valence-corrected chi connectivity index (χ4v) is 4.90. The highest BCUT2D eigenvalue weighted by molar-refractivity contribution is 8.00. The van der Waals surface area contributed by atoms with Crippen molar-refractivity contribution < 1.29 is 14.3 Å². The van der Waals surface area contributed by atoms with Gasteiger partial charge in [0.05, 0.1) is 24.1 Å². The van der Waals surface area contributed by atoms with E-state index in [0.29, 0.717) is 10.6 Å². The summed E-state index contributed by atoms with van der Waals surface area (Å²) in [6.45, 7) is 0. The molecule has 24 heavy (non-hydrogen) atoms. The quantitative estimate of drug-likeness (QED) is 0.470. The second kappa shape index (κ2) is 7.38. The first-order chi connectivity index (χ1) is 11.7. The van der Waals surface area contributed by atoms with Crippen molar-refractivity contribution >= 4 is 40.4 Å². The third kappa shape index (κ3) is 3.33. The largest absolute Gasteiger partial charge is 0.496 e. The van der Waals surface area contributed by atoms with Gasteiger partial charge in [0.1, 0.15) is 15.6 Å². The topological polar surface area (TPSA) is 48.4 Å². The van der Waals surface area contributed by atoms with Crippen LogP contribution in [0, 0.1) is 6.07 Å². The number of rotatable bonds is 5. The van der Waals surface area contributed by atoms with Crippen molar-refractivity contribution in [3.63, 3.8) is 0 Å². The summed E-state index contributed by atoms with van der Waals surface area (Å²) in [5.41, 5.74) is 2.82. The average molecular weight is 377 g/mol. The van der Waals surface area contributed by atoms with E-state index in [9.17, 15) is 4.79 Å². The molecule has 0 saturated carbocycles. The predicted octanol–water partition coefficient (Wildman–Crippen LogP) is 4.86. The van der Waals surface area contributed by atoms with Gasteiger partial charge in [0, 0.05) is 22.6 Å². The number of thioether (sulfide) groups is 1. The molecule has 0 spiro atoms. The molecule has 0 saturated heterocycles. The number of benzene rings is 1. The minimum atomic E-state index is -0.318. The van der Waals surface area contributed by atoms with Crippen molar-refractivity contribution in [2.75, 3.05) is 20.5 Å². The van der Waals surface area contributed by atoms with E-state index in [2.05, 4.69) is 6.07 Å². The minimum Gasteiger partial charge on any atom is -0.496 e. The highest BCUT2D eigenvalue weighted by atomic mass is 32.2. The molecule has 0 amide bonds. The fraction of sp³-hybridized carbons (Fsp3) is 0.176. The number of aromatic nitrogens is 1. The molecular formula is C17H14NO3S3. The predicted molar refractivity (Wildman–Crippen MR) is 99.4 cm³/mol. The minimum absolute atomic E-state index is 0.318. The Morgan fingerprint density at radius 1 is 1.33 bits per heavy atom. The number of carbonyl (C=O) groups excluding carboxylic acids is 1. The van der Waals surface area contributed by atoms with E-state index in [1.54, 1.807) is 30.2 Å². The van der Waals surface area contributed by atoms with Crippen molar-refractivity contribution in [3.8, 4) is 27.6 Å². The molecule has 0 aliphatic heterocycles. The van der Waals surface area contributed by atoms with Crippen LogP contribution in [0.15, 0.2) is 33.9 Å². The number of methoxy groups -OCH3 is 2. The number of hydrogen-bond acceptors (Lipinski definition) is 7. The van der Waals surface area contributed by atoms with E-state index < -0.39 is 0 Å². The van der Waals surface area contributed by atoms with Gasteiger partial charge in [-0.3, -0.25) is 0 Å². The number of nitrogens with zero attached hydrogens (tertiary/aromatic N) is 1. The van der Waals surface area contributed by atoms with Crippen molar-refractivity contribution in [1.82, 2.24) is 4.98 Å². The van der Waals surface area contributed by atoms with E-state index in [0.717, 1.165) is 26.0 Å². The second-order valence-electron chi connectivity index (χ2n) is 4.69. The molecule has 3 aromatic rings. The maximum atomic E-state index is 11.8. The van der Waals surface area contributed by atoms with Crippen LogP contribution >= 0.6 is 34.4 Å². The highest BCUT2D eigenvalue weighted by Gasteiger charge is 2.18. The third-order valence-corrected chi connectivity index (χ3v) is 6.42. The van der Waals surface area contributed by atoms with Crippen LogP contribution in [-0.4, -0.2) is 31.4 Å². The van der Waals surface area contributed by atoms with E-state index in [1.165, 1.54) is 18.4 Å². The van der Waals surface area contributed by atoms with Gasteiger partial charge in [-0.2, -0.15) is 0 Å². The van der Waals surface area contributed by atoms with Gasteiger partial charge >= 0.3 is 5.97 Å². The van der Waals surface area contributed by atoms with E-state index in [-0.39, 0.29) is 5.97 Å². The number of thiophene rings is 1. The van der Waals surface area contributed by atoms with Crippen molar-refractivity contribution in [2.24, 2.45) is 0 Å². The van der Waals surface area contributed by atoms with Crippen LogP contribution in [0.25, 0.3) is 21.8 Å². The van der Waals surface area contributed by atoms with Crippen LogP contribution in [-0.2, 0) is 4.74 Å². The summed E-state index contributed by atoms with van der Waals surface area (Å²) in [4.78, 5) is 17.1. The van der Waals surface area contributed by atoms with Crippen LogP contribution in [0.1, 0.15) is 9.67 Å². The zero-order valence-corrected chi connectivity index (χ0v) is 15.7. The molecule has 0 N–H and O–H groups in total. The molecule has 0 fully saturated rings. The van der Waals surface area contributed by atoms with E-state index >= 15 is 0 Å². The Morgan fingerprint density at radius 2 is 2.17 bits per heavy atom. The maximum absolute atomic E-state index is 11.8. The van der Waals surface area contributed by atoms with E-state index in [1.807, 2.05) is 35.9 Å². The van der Waals surface area contributed by atoms with Crippen LogP contribution < -0.4 is 4.74 Å². The van der Waals surface area contributed by atoms with Gasteiger partial charge in [0.2, 0.25) is 0 Å². The molecule has 3 rings (SSSR count). The van der Waals surface area contributed by atoms with Crippen molar-refractivity contribution in [2.45, 2.75) is 4.21 Å². The lowest BCUT2D eigenvalue weighted by Gasteiger charge is -2.01. The molecule has 2 aromatic heterocycles. The number of thiazole rings is 1. The summed E-state index contributed by atoms with van der Waals surface area (Å²) >= 11 is 4.58. The Bertz CT molecular complexity index is 870. The molecular weight excluding hydrogens is 362 g/mol. The van der Waals surface area contributed by atoms with Gasteiger partial charge in [-0.05, 0) is 24.5 Å². The first kappa shape index (κ1) is 17.0. The molecule has 0 aliphatic carbocycles. The van der Waals surface area contributed by atoms with Gasteiger partial charge in [-0.15, -0.1) is 34.4 Å². The van der Waals surface area contributed by atoms with Crippen LogP contribution in [0.3, 0.4) is 0 Å². The monoisotopic (exact) mass is 376 g/mol. The average Bonchev–Trinajstić information content (AvgIpc) is 3.27. The Hall–Kier alpha value is -1.83. The third-order valence-electron chi connectivity index (χ3n) is 3.30. The Morgan fingerprint density at radius 3 is 2.88 bits per heavy atom. The zero-order valence-electron chi connectivity index (χ0n) is 13.3. The van der Waals surface area contributed by atoms with Crippen LogP contribution in [0.2, 0.25) is 0 Å². The Kier molecular flexibility index (Phi) is 5.23. The molecule has 1 radical (unpaired) electrons. The van der Waals surface area contributed by atoms with Gasteiger partial charge in [0.25, 0.3) is 0 Å². The molecule has 1 aromatic carbocycles. The Balaban J connectivity index is 1.98. The molecule has 4 nitrogen and oxygen atoms in total. The lowest BCUT2D eigenvalue weighted by Crippen LogP contribution is -1.96. The zero-order chi connectivity index (χ0) is 17.1. The molecule has 123 valence electrons. The van der Waals surface area contributed by atoms with E-state index in [4.69, 9.17) is 14.5 Å². The normalized spacial score (nSPS) is 10.6. The summed E-state index contributed by atoms with van der Waals surface area (Å²) in [6.07, 6.45) is 1.99. The number of esters is 1. The SMILES string of the molecule is COC(=O)c1cc(-c2nc(-c3cc[c]c(OC)c3)cs2)c(SC)s1. The summed E-state index contributed by atoms with van der Waals surface area (Å²) in [5.74, 6) is 0.358. The smallest absolute Gasteiger partial charge is 0.348 e. The van der Waals surface area contributed by atoms with Crippen molar-refractivity contribution in [1.29, 1.82) is 0 Å². The van der Waals surface area contributed by atoms with Gasteiger partial charge in [-0.1, -0.05) is 6.07 Å². The molecule has 0 aliphatic rings. The van der Waals surface area contributed by atoms with Crippen LogP contribution in [0.5, 0.6) is 5.75 Å². The van der Waals surface area contributed by atoms with Crippen LogP contribution in [0.4, 0.5) is 0 Å². The first-order valence-corrected chi connectivity index (χ1v) is 9.86. The maximum Gasteiger partial charge on any atom is 0.348 e. The molecule has 0 bridgehead atoms. The molecule has 7 heteroatoms. The summed E-state index contributed by atoms with van der Waals surface area (Å²) < 4.78 is 11.1. The standard InChI is InChI=1S/C17H14NO3S3/c1-20-11-6-4-5-10(7-11)13-9-23-15(18-13)12-8-14(16(19)21-2)24-17(12)22-3/h4-5,7-9H,1-3H3. The molecule has 0 atom stereocenters. The van der Waals surface area contributed by atoms with Gasteiger partial charge in [-0.25, -0.2) is 9.78 Å². The summed E-state index contributed by atoms with van der Waals surface area (Å²) in [5, 5.41) is 2.89. The Labute approximate surface area is 152 Å². The second-order valence-corrected chi connectivity index (χ2v) is 7.68. The fourth-order valence-electron chi connectivity index (χ4n) is 2.13. The summed E-state index contributed by atoms with van der Waals surface area (Å²) in [6, 6.07) is 10.5. The van der Waals surface area contributed by atoms with Crippen molar-refractivity contribution in [3.05, 3.63) is 40.6 Å². The molecule has 0 unspecified atom stereocenters. The highest BCUT2D eigenvalue weighted by Crippen LogP contribution is 2.40. The lowest BCUT2D eigenvalue weighted by atomic mass is 10.1. The number of carbonyl (C=O) groups is 1. The summed E-state index contributed by atoms with van der Waals surface area (Å²) in [7, 11) is 3.01. The van der Waals surface area contributed by atoms with Gasteiger partial charge < -0.3 is 9.47 Å². The molecule has 2 heterocycles. The first-order valence-electron chi connectivity index (χ1n) is 6.94. The number of hydrogen-bond donors (Lipinski definition) is 0. The lowest BCUT2D eigenvalue weighted by molar-refractivity contribution is 0.0606. The van der Waals surface area contributed by atoms with Gasteiger partial charge in [0.15, 0.2) is 0 Å². The number of ether oxygens (including phenoxy) is 2.